The van der Waals surface area contributed by atoms with Crippen LogP contribution in [0.2, 0.25) is 0 Å². The SMILES string of the molecule is C=CN(CC1CN(c2ccc(-c3ccc(C4=NOC(Cn5ccnc5)C4)nc3)c(F)c2)C(=O)O1)N=NC. The third kappa shape index (κ3) is 5.32. The average molecular weight is 505 g/mol. The van der Waals surface area contributed by atoms with Gasteiger partial charge in [0.25, 0.3) is 0 Å². The van der Waals surface area contributed by atoms with Crippen molar-refractivity contribution in [1.82, 2.24) is 19.5 Å². The van der Waals surface area contributed by atoms with Crippen LogP contribution in [0.15, 0.2) is 83.5 Å². The van der Waals surface area contributed by atoms with Crippen molar-refractivity contribution in [2.75, 3.05) is 25.0 Å². The Morgan fingerprint density at radius 1 is 1.30 bits per heavy atom. The van der Waals surface area contributed by atoms with Crippen molar-refractivity contribution in [1.29, 1.82) is 0 Å². The molecule has 0 spiro atoms. The van der Waals surface area contributed by atoms with Gasteiger partial charge in [-0.25, -0.2) is 14.2 Å². The van der Waals surface area contributed by atoms with E-state index in [1.54, 1.807) is 43.0 Å². The smallest absolute Gasteiger partial charge is 0.414 e. The Bertz CT molecular complexity index is 1330. The monoisotopic (exact) mass is 504 g/mol. The summed E-state index contributed by atoms with van der Waals surface area (Å²) in [6.07, 6.45) is 7.93. The third-order valence-electron chi connectivity index (χ3n) is 6.02. The Labute approximate surface area is 212 Å². The summed E-state index contributed by atoms with van der Waals surface area (Å²) < 4.78 is 22.4. The molecule has 2 unspecified atom stereocenters. The van der Waals surface area contributed by atoms with Crippen molar-refractivity contribution >= 4 is 17.5 Å². The fraction of sp³-hybridized carbons (Fsp3) is 0.280. The lowest BCUT2D eigenvalue weighted by molar-refractivity contribution is 0.0725. The van der Waals surface area contributed by atoms with E-state index in [0.717, 1.165) is 5.71 Å². The molecule has 0 radical (unpaired) electrons. The van der Waals surface area contributed by atoms with Gasteiger partial charge in [-0.15, -0.1) is 0 Å². The molecule has 12 heteroatoms. The maximum Gasteiger partial charge on any atom is 0.414 e. The summed E-state index contributed by atoms with van der Waals surface area (Å²) in [4.78, 5) is 27.8. The largest absolute Gasteiger partial charge is 0.442 e. The Kier molecular flexibility index (Phi) is 6.88. The molecule has 190 valence electrons. The Morgan fingerprint density at radius 2 is 2.19 bits per heavy atom. The standard InChI is InChI=1S/C25H25FN8O3/c1-3-33(31-27-2)14-20-15-34(25(35)36-20)18-5-6-21(22(26)10-18)17-4-7-23(29-12-17)24-11-19(37-30-24)13-32-9-8-28-16-32/h3-10,12,16,19-20H,1,11,13-15H2,2H3. The summed E-state index contributed by atoms with van der Waals surface area (Å²) >= 11 is 0. The summed E-state index contributed by atoms with van der Waals surface area (Å²) in [5.41, 5.74) is 2.80. The van der Waals surface area contributed by atoms with Gasteiger partial charge in [0.15, 0.2) is 6.10 Å². The molecule has 1 fully saturated rings. The molecule has 2 aliphatic rings. The quantitative estimate of drug-likeness (QED) is 0.321. The topological polar surface area (TPSA) is 110 Å². The first-order chi connectivity index (χ1) is 18.0. The van der Waals surface area contributed by atoms with Crippen molar-refractivity contribution in [2.24, 2.45) is 15.5 Å². The molecule has 0 saturated carbocycles. The molecule has 11 nitrogen and oxygen atoms in total. The second kappa shape index (κ2) is 10.6. The Balaban J connectivity index is 1.23. The summed E-state index contributed by atoms with van der Waals surface area (Å²) in [6.45, 7) is 4.85. The van der Waals surface area contributed by atoms with Gasteiger partial charge in [-0.3, -0.25) is 14.9 Å². The number of amides is 1. The van der Waals surface area contributed by atoms with Gasteiger partial charge < -0.3 is 14.1 Å². The molecule has 0 aliphatic carbocycles. The Hall–Kier alpha value is -4.61. The number of anilines is 1. The molecule has 1 aromatic carbocycles. The number of nitrogens with zero attached hydrogens (tertiary/aromatic N) is 8. The highest BCUT2D eigenvalue weighted by molar-refractivity contribution is 5.99. The number of ether oxygens (including phenoxy) is 1. The molecule has 1 saturated heterocycles. The van der Waals surface area contributed by atoms with Crippen LogP contribution in [0.3, 0.4) is 0 Å². The summed E-state index contributed by atoms with van der Waals surface area (Å²) in [5.74, 6) is -0.474. The van der Waals surface area contributed by atoms with Crippen LogP contribution in [0.4, 0.5) is 14.9 Å². The second-order valence-corrected chi connectivity index (χ2v) is 8.54. The van der Waals surface area contributed by atoms with Crippen LogP contribution in [-0.4, -0.2) is 63.7 Å². The number of halogens is 1. The van der Waals surface area contributed by atoms with Crippen LogP contribution in [0.5, 0.6) is 0 Å². The molecule has 0 N–H and O–H groups in total. The Morgan fingerprint density at radius 3 is 2.89 bits per heavy atom. The van der Waals surface area contributed by atoms with Gasteiger partial charge in [-0.05, 0) is 24.3 Å². The van der Waals surface area contributed by atoms with E-state index in [1.807, 2.05) is 10.8 Å². The number of hydrogen-bond donors (Lipinski definition) is 0. The van der Waals surface area contributed by atoms with Crippen molar-refractivity contribution in [3.8, 4) is 11.1 Å². The normalized spacial score (nSPS) is 19.1. The van der Waals surface area contributed by atoms with Crippen molar-refractivity contribution in [3.05, 3.63) is 79.5 Å². The van der Waals surface area contributed by atoms with Crippen LogP contribution in [0.25, 0.3) is 11.1 Å². The fourth-order valence-electron chi connectivity index (χ4n) is 4.24. The van der Waals surface area contributed by atoms with E-state index in [-0.39, 0.29) is 12.6 Å². The molecular weight excluding hydrogens is 479 g/mol. The van der Waals surface area contributed by atoms with Gasteiger partial charge in [0.1, 0.15) is 17.6 Å². The van der Waals surface area contributed by atoms with Gasteiger partial charge in [-0.2, -0.15) is 5.11 Å². The van der Waals surface area contributed by atoms with E-state index in [9.17, 15) is 4.79 Å². The third-order valence-corrected chi connectivity index (χ3v) is 6.02. The number of hydrogen-bond acceptors (Lipinski definition) is 8. The first-order valence-corrected chi connectivity index (χ1v) is 11.7. The van der Waals surface area contributed by atoms with E-state index in [4.69, 9.17) is 9.57 Å². The lowest BCUT2D eigenvalue weighted by atomic mass is 10.0. The zero-order valence-electron chi connectivity index (χ0n) is 20.1. The van der Waals surface area contributed by atoms with E-state index < -0.39 is 18.0 Å². The summed E-state index contributed by atoms with van der Waals surface area (Å²) in [5, 5.41) is 13.2. The number of imidazole rings is 1. The van der Waals surface area contributed by atoms with Gasteiger partial charge in [0, 0.05) is 42.3 Å². The average Bonchev–Trinajstić information content (AvgIpc) is 3.66. The van der Waals surface area contributed by atoms with Crippen LogP contribution in [0.1, 0.15) is 12.1 Å². The molecule has 2 aromatic heterocycles. The molecule has 0 bridgehead atoms. The lowest BCUT2D eigenvalue weighted by Crippen LogP contribution is -2.29. The van der Waals surface area contributed by atoms with E-state index in [1.165, 1.54) is 29.2 Å². The molecule has 2 atom stereocenters. The minimum atomic E-state index is -0.550. The number of rotatable bonds is 9. The first kappa shape index (κ1) is 24.1. The predicted octanol–water partition coefficient (Wildman–Crippen LogP) is 4.05. The highest BCUT2D eigenvalue weighted by atomic mass is 19.1. The minimum absolute atomic E-state index is 0.0941. The van der Waals surface area contributed by atoms with Crippen LogP contribution < -0.4 is 4.90 Å². The number of cyclic esters (lactones) is 1. The minimum Gasteiger partial charge on any atom is -0.442 e. The fourth-order valence-corrected chi connectivity index (χ4v) is 4.24. The van der Waals surface area contributed by atoms with Crippen LogP contribution >= 0.6 is 0 Å². The van der Waals surface area contributed by atoms with Crippen LogP contribution in [0, 0.1) is 5.82 Å². The molecular formula is C25H25FN8O3. The predicted molar refractivity (Wildman–Crippen MR) is 133 cm³/mol. The lowest BCUT2D eigenvalue weighted by Gasteiger charge is -2.16. The van der Waals surface area contributed by atoms with E-state index in [0.29, 0.717) is 42.0 Å². The number of oxime groups is 1. The van der Waals surface area contributed by atoms with Gasteiger partial charge in [0.05, 0.1) is 44.4 Å². The zero-order valence-corrected chi connectivity index (χ0v) is 20.1. The molecule has 5 rings (SSSR count). The maximum atomic E-state index is 15.1. The maximum absolute atomic E-state index is 15.1. The highest BCUT2D eigenvalue weighted by Gasteiger charge is 2.33. The van der Waals surface area contributed by atoms with Crippen molar-refractivity contribution < 1.29 is 18.8 Å². The van der Waals surface area contributed by atoms with Gasteiger partial charge in [0.2, 0.25) is 0 Å². The van der Waals surface area contributed by atoms with Crippen LogP contribution in [-0.2, 0) is 16.1 Å². The number of carbonyl (C=O) groups is 1. The first-order valence-electron chi connectivity index (χ1n) is 11.7. The molecule has 4 heterocycles. The second-order valence-electron chi connectivity index (χ2n) is 8.54. The molecule has 1 amide bonds. The molecule has 2 aliphatic heterocycles. The summed E-state index contributed by atoms with van der Waals surface area (Å²) in [6, 6.07) is 8.22. The van der Waals surface area contributed by atoms with Crippen molar-refractivity contribution in [3.63, 3.8) is 0 Å². The highest BCUT2D eigenvalue weighted by Crippen LogP contribution is 2.29. The number of benzene rings is 1. The number of aromatic nitrogens is 3. The molecule has 3 aromatic rings. The van der Waals surface area contributed by atoms with E-state index >= 15 is 4.39 Å². The number of pyridine rings is 1. The van der Waals surface area contributed by atoms with Gasteiger partial charge >= 0.3 is 6.09 Å². The van der Waals surface area contributed by atoms with Gasteiger partial charge in [-0.1, -0.05) is 23.0 Å². The summed E-state index contributed by atoms with van der Waals surface area (Å²) in [7, 11) is 1.54. The van der Waals surface area contributed by atoms with E-state index in [2.05, 4.69) is 32.0 Å². The molecule has 37 heavy (non-hydrogen) atoms. The number of carbonyl (C=O) groups excluding carboxylic acids is 1. The van der Waals surface area contributed by atoms with Crippen molar-refractivity contribution in [2.45, 2.75) is 25.2 Å². The zero-order chi connectivity index (χ0) is 25.8.